The van der Waals surface area contributed by atoms with Crippen molar-refractivity contribution in [1.29, 1.82) is 0 Å². The van der Waals surface area contributed by atoms with Gasteiger partial charge in [-0.3, -0.25) is 4.98 Å². The van der Waals surface area contributed by atoms with Crippen LogP contribution < -0.4 is 0 Å². The number of aryl methyl sites for hydroxylation is 1. The molecule has 0 fully saturated rings. The Bertz CT molecular complexity index is 531. The second kappa shape index (κ2) is 13.8. The lowest BCUT2D eigenvalue weighted by Crippen LogP contribution is -1.97. The van der Waals surface area contributed by atoms with Gasteiger partial charge in [-0.15, -0.1) is 6.58 Å². The van der Waals surface area contributed by atoms with Gasteiger partial charge in [0, 0.05) is 23.0 Å². The van der Waals surface area contributed by atoms with Crippen molar-refractivity contribution in [3.05, 3.63) is 72.6 Å². The quantitative estimate of drug-likeness (QED) is 0.436. The summed E-state index contributed by atoms with van der Waals surface area (Å²) in [5.41, 5.74) is 5.43. The summed E-state index contributed by atoms with van der Waals surface area (Å²) in [4.78, 5) is 4.42. The molecular formula is C21H31N. The molecule has 1 rings (SSSR count). The minimum atomic E-state index is 0.997. The van der Waals surface area contributed by atoms with Crippen molar-refractivity contribution in [2.75, 3.05) is 0 Å². The first kappa shape index (κ1) is 22.1. The molecule has 0 aliphatic rings. The largest absolute Gasteiger partial charge is 0.260 e. The van der Waals surface area contributed by atoms with Crippen LogP contribution in [0.15, 0.2) is 50.2 Å². The normalized spacial score (nSPS) is 10.0. The Morgan fingerprint density at radius 1 is 1.05 bits per heavy atom. The molecule has 0 unspecified atom stereocenters. The van der Waals surface area contributed by atoms with E-state index in [4.69, 9.17) is 0 Å². The first-order valence-corrected chi connectivity index (χ1v) is 7.72. The van der Waals surface area contributed by atoms with Crippen molar-refractivity contribution in [3.8, 4) is 0 Å². The molecule has 0 saturated carbocycles. The van der Waals surface area contributed by atoms with Crippen LogP contribution in [0.3, 0.4) is 0 Å². The average molecular weight is 297 g/mol. The Labute approximate surface area is 137 Å². The predicted octanol–water partition coefficient (Wildman–Crippen LogP) is 6.87. The molecule has 0 aromatic carbocycles. The minimum absolute atomic E-state index is 0.997. The van der Waals surface area contributed by atoms with Gasteiger partial charge in [-0.05, 0) is 38.8 Å². The van der Waals surface area contributed by atoms with Gasteiger partial charge in [0.15, 0.2) is 0 Å². The molecule has 0 aliphatic carbocycles. The number of allylic oxidation sites excluding steroid dienone is 5. The number of aromatic nitrogens is 1. The van der Waals surface area contributed by atoms with Gasteiger partial charge in [0.05, 0.1) is 0 Å². The zero-order valence-corrected chi connectivity index (χ0v) is 15.1. The number of pyridine rings is 1. The van der Waals surface area contributed by atoms with Crippen molar-refractivity contribution in [2.45, 2.75) is 41.5 Å². The van der Waals surface area contributed by atoms with E-state index in [-0.39, 0.29) is 0 Å². The van der Waals surface area contributed by atoms with E-state index in [0.29, 0.717) is 0 Å². The molecule has 1 heteroatoms. The topological polar surface area (TPSA) is 12.9 Å². The van der Waals surface area contributed by atoms with Gasteiger partial charge in [-0.2, -0.15) is 0 Å². The van der Waals surface area contributed by atoms with Crippen LogP contribution in [0, 0.1) is 6.92 Å². The van der Waals surface area contributed by atoms with Crippen LogP contribution in [0.4, 0.5) is 0 Å². The minimum Gasteiger partial charge on any atom is -0.260 e. The number of hydrogen-bond acceptors (Lipinski definition) is 1. The van der Waals surface area contributed by atoms with Gasteiger partial charge in [0.25, 0.3) is 0 Å². The Hall–Kier alpha value is -2.15. The van der Waals surface area contributed by atoms with E-state index in [0.717, 1.165) is 28.0 Å². The third-order valence-electron chi connectivity index (χ3n) is 2.74. The van der Waals surface area contributed by atoms with Crippen LogP contribution in [0.2, 0.25) is 0 Å². The summed E-state index contributed by atoms with van der Waals surface area (Å²) >= 11 is 0. The monoisotopic (exact) mass is 297 g/mol. The van der Waals surface area contributed by atoms with Gasteiger partial charge in [0.2, 0.25) is 0 Å². The standard InChI is InChI=1S/C16H19N.C3H6.C2H6/c1-6-10-15-14(9-4)12(5)17-11-16(15)13(7-2)8-3;1-3-2;1-2/h6-11H,2,4H2,1,3,5H3;3H,1H2,2H3;1-2H3/b10-6-,13-8+;;. The first-order chi connectivity index (χ1) is 10.6. The molecule has 0 saturated heterocycles. The van der Waals surface area contributed by atoms with Gasteiger partial charge < -0.3 is 0 Å². The average Bonchev–Trinajstić information content (AvgIpc) is 2.53. The molecule has 1 aromatic rings. The fourth-order valence-corrected chi connectivity index (χ4v) is 1.86. The van der Waals surface area contributed by atoms with Crippen LogP contribution >= 0.6 is 0 Å². The van der Waals surface area contributed by atoms with Gasteiger partial charge in [-0.1, -0.05) is 63.5 Å². The van der Waals surface area contributed by atoms with E-state index in [1.807, 2.05) is 72.0 Å². The molecular weight excluding hydrogens is 266 g/mol. The molecule has 0 aliphatic heterocycles. The maximum absolute atomic E-state index is 4.42. The summed E-state index contributed by atoms with van der Waals surface area (Å²) in [7, 11) is 0. The Morgan fingerprint density at radius 2 is 1.59 bits per heavy atom. The smallest absolute Gasteiger partial charge is 0.0451 e. The fraction of sp³-hybridized carbons (Fsp3) is 0.286. The first-order valence-electron chi connectivity index (χ1n) is 7.72. The highest BCUT2D eigenvalue weighted by Crippen LogP contribution is 2.26. The van der Waals surface area contributed by atoms with E-state index in [2.05, 4.69) is 30.8 Å². The molecule has 0 amide bonds. The zero-order valence-electron chi connectivity index (χ0n) is 15.1. The molecule has 120 valence electrons. The van der Waals surface area contributed by atoms with Crippen LogP contribution in [0.25, 0.3) is 17.7 Å². The van der Waals surface area contributed by atoms with E-state index in [1.165, 1.54) is 0 Å². The van der Waals surface area contributed by atoms with E-state index in [1.54, 1.807) is 6.08 Å². The Kier molecular flexibility index (Phi) is 13.9. The van der Waals surface area contributed by atoms with Crippen molar-refractivity contribution in [2.24, 2.45) is 0 Å². The molecule has 0 spiro atoms. The molecule has 1 nitrogen and oxygen atoms in total. The summed E-state index contributed by atoms with van der Waals surface area (Å²) in [6.45, 7) is 23.0. The molecule has 1 heterocycles. The fourth-order valence-electron chi connectivity index (χ4n) is 1.86. The number of nitrogens with zero attached hydrogens (tertiary/aromatic N) is 1. The van der Waals surface area contributed by atoms with Crippen molar-refractivity contribution in [1.82, 2.24) is 4.98 Å². The van der Waals surface area contributed by atoms with Crippen molar-refractivity contribution in [3.63, 3.8) is 0 Å². The number of rotatable bonds is 4. The van der Waals surface area contributed by atoms with Gasteiger partial charge >= 0.3 is 0 Å². The zero-order chi connectivity index (χ0) is 17.5. The molecule has 22 heavy (non-hydrogen) atoms. The summed E-state index contributed by atoms with van der Waals surface area (Å²) in [5.74, 6) is 0. The summed E-state index contributed by atoms with van der Waals surface area (Å²) in [6, 6.07) is 0. The van der Waals surface area contributed by atoms with Crippen molar-refractivity contribution < 1.29 is 0 Å². The Balaban J connectivity index is 0. The lowest BCUT2D eigenvalue weighted by molar-refractivity contribution is 1.17. The SMILES string of the molecule is C=C/C(=C\C)c1cnc(C)c(C=C)c1/C=C\C.C=CC.CC. The molecule has 1 aromatic heterocycles. The van der Waals surface area contributed by atoms with Crippen LogP contribution in [-0.2, 0) is 0 Å². The second-order valence-electron chi connectivity index (χ2n) is 4.15. The highest BCUT2D eigenvalue weighted by Gasteiger charge is 2.09. The maximum atomic E-state index is 4.42. The summed E-state index contributed by atoms with van der Waals surface area (Å²) < 4.78 is 0. The highest BCUT2D eigenvalue weighted by atomic mass is 14.7. The summed E-state index contributed by atoms with van der Waals surface area (Å²) in [6.07, 6.45) is 13.5. The highest BCUT2D eigenvalue weighted by molar-refractivity contribution is 5.83. The van der Waals surface area contributed by atoms with Crippen molar-refractivity contribution >= 4 is 17.7 Å². The van der Waals surface area contributed by atoms with Crippen LogP contribution in [-0.4, -0.2) is 4.98 Å². The van der Waals surface area contributed by atoms with Crippen LogP contribution in [0.5, 0.6) is 0 Å². The lowest BCUT2D eigenvalue weighted by Gasteiger charge is -2.12. The molecule has 0 N–H and O–H groups in total. The van der Waals surface area contributed by atoms with Gasteiger partial charge in [0.1, 0.15) is 0 Å². The lowest BCUT2D eigenvalue weighted by atomic mass is 9.95. The van der Waals surface area contributed by atoms with E-state index >= 15 is 0 Å². The van der Waals surface area contributed by atoms with Crippen LogP contribution in [0.1, 0.15) is 57.0 Å². The molecule has 0 bridgehead atoms. The molecule has 0 atom stereocenters. The van der Waals surface area contributed by atoms with E-state index in [9.17, 15) is 0 Å². The number of hydrogen-bond donors (Lipinski definition) is 0. The maximum Gasteiger partial charge on any atom is 0.0451 e. The third kappa shape index (κ3) is 6.53. The Morgan fingerprint density at radius 3 is 1.95 bits per heavy atom. The second-order valence-corrected chi connectivity index (χ2v) is 4.15. The third-order valence-corrected chi connectivity index (χ3v) is 2.74. The van der Waals surface area contributed by atoms with Gasteiger partial charge in [-0.25, -0.2) is 0 Å². The molecule has 0 radical (unpaired) electrons. The predicted molar refractivity (Wildman–Crippen MR) is 105 cm³/mol. The van der Waals surface area contributed by atoms with E-state index < -0.39 is 0 Å². The summed E-state index contributed by atoms with van der Waals surface area (Å²) in [5, 5.41) is 0.